The van der Waals surface area contributed by atoms with Crippen LogP contribution in [0.1, 0.15) is 16.8 Å². The topological polar surface area (TPSA) is 61.0 Å². The van der Waals surface area contributed by atoms with Gasteiger partial charge in [-0.1, -0.05) is 6.07 Å². The summed E-state index contributed by atoms with van der Waals surface area (Å²) in [5, 5.41) is 0. The molecule has 0 aliphatic heterocycles. The van der Waals surface area contributed by atoms with Crippen molar-refractivity contribution < 1.29 is 4.74 Å². The molecule has 0 saturated carbocycles. The summed E-state index contributed by atoms with van der Waals surface area (Å²) in [6.45, 7) is 5.96. The van der Waals surface area contributed by atoms with Crippen LogP contribution in [0.4, 0.5) is 5.95 Å². The molecule has 0 unspecified atom stereocenters. The van der Waals surface area contributed by atoms with Gasteiger partial charge in [-0.15, -0.1) is 0 Å². The quantitative estimate of drug-likeness (QED) is 0.860. The molecule has 0 atom stereocenters. The Balaban J connectivity index is 2.28. The molecule has 0 aliphatic rings. The normalized spacial score (nSPS) is 10.3. The summed E-state index contributed by atoms with van der Waals surface area (Å²) in [5.74, 6) is 1.45. The van der Waals surface area contributed by atoms with Crippen molar-refractivity contribution in [2.75, 3.05) is 5.73 Å². The zero-order chi connectivity index (χ0) is 12.4. The number of hydrogen-bond acceptors (Lipinski definition) is 4. The minimum atomic E-state index is 0.226. The van der Waals surface area contributed by atoms with Crippen molar-refractivity contribution in [3.05, 3.63) is 41.1 Å². The molecule has 88 valence electrons. The lowest BCUT2D eigenvalue weighted by Gasteiger charge is -2.07. The molecule has 1 heterocycles. The largest absolute Gasteiger partial charge is 0.439 e. The molecule has 2 aromatic rings. The highest BCUT2D eigenvalue weighted by Crippen LogP contribution is 2.22. The molecular weight excluding hydrogens is 214 g/mol. The van der Waals surface area contributed by atoms with Crippen LogP contribution in [-0.2, 0) is 0 Å². The highest BCUT2D eigenvalue weighted by Gasteiger charge is 2.03. The molecule has 0 spiro atoms. The van der Waals surface area contributed by atoms with E-state index in [-0.39, 0.29) is 5.95 Å². The molecular formula is C13H15N3O. The summed E-state index contributed by atoms with van der Waals surface area (Å²) >= 11 is 0. The molecule has 4 nitrogen and oxygen atoms in total. The van der Waals surface area contributed by atoms with E-state index >= 15 is 0 Å². The lowest BCUT2D eigenvalue weighted by Crippen LogP contribution is -1.98. The molecule has 2 N–H and O–H groups in total. The van der Waals surface area contributed by atoms with Crippen molar-refractivity contribution in [3.8, 4) is 11.6 Å². The van der Waals surface area contributed by atoms with Gasteiger partial charge in [-0.05, 0) is 44.0 Å². The van der Waals surface area contributed by atoms with E-state index in [9.17, 15) is 0 Å². The lowest BCUT2D eigenvalue weighted by atomic mass is 10.1. The molecule has 2 rings (SSSR count). The van der Waals surface area contributed by atoms with Gasteiger partial charge in [0.2, 0.25) is 11.8 Å². The van der Waals surface area contributed by atoms with E-state index in [0.717, 1.165) is 11.4 Å². The monoisotopic (exact) mass is 229 g/mol. The summed E-state index contributed by atoms with van der Waals surface area (Å²) in [6.07, 6.45) is 0. The molecule has 4 heteroatoms. The summed E-state index contributed by atoms with van der Waals surface area (Å²) < 4.78 is 5.64. The minimum Gasteiger partial charge on any atom is -0.439 e. The Bertz CT molecular complexity index is 532. The van der Waals surface area contributed by atoms with Crippen LogP contribution in [0.3, 0.4) is 0 Å². The third kappa shape index (κ3) is 2.72. The predicted molar refractivity (Wildman–Crippen MR) is 67.2 cm³/mol. The smallest absolute Gasteiger partial charge is 0.224 e. The highest BCUT2D eigenvalue weighted by atomic mass is 16.5. The first-order chi connectivity index (χ1) is 8.04. The second kappa shape index (κ2) is 4.41. The van der Waals surface area contributed by atoms with Crippen LogP contribution in [0.2, 0.25) is 0 Å². The third-order valence-corrected chi connectivity index (χ3v) is 2.55. The number of rotatable bonds is 2. The maximum atomic E-state index is 5.64. The van der Waals surface area contributed by atoms with Crippen LogP contribution in [0.25, 0.3) is 0 Å². The third-order valence-electron chi connectivity index (χ3n) is 2.55. The lowest BCUT2D eigenvalue weighted by molar-refractivity contribution is 0.461. The van der Waals surface area contributed by atoms with Crippen molar-refractivity contribution in [3.63, 3.8) is 0 Å². The van der Waals surface area contributed by atoms with E-state index in [4.69, 9.17) is 10.5 Å². The van der Waals surface area contributed by atoms with Gasteiger partial charge in [-0.2, -0.15) is 4.98 Å². The zero-order valence-electron chi connectivity index (χ0n) is 10.2. The standard InChI is InChI=1S/C13H15N3O/c1-8-4-5-11(6-9(8)2)17-12-7-10(3)15-13(14)16-12/h4-7H,1-3H3,(H2,14,15,16). The van der Waals surface area contributed by atoms with Gasteiger partial charge in [-0.3, -0.25) is 0 Å². The van der Waals surface area contributed by atoms with Gasteiger partial charge >= 0.3 is 0 Å². The summed E-state index contributed by atoms with van der Waals surface area (Å²) in [7, 11) is 0. The van der Waals surface area contributed by atoms with Gasteiger partial charge in [0.15, 0.2) is 0 Å². The first-order valence-electron chi connectivity index (χ1n) is 5.41. The Morgan fingerprint density at radius 1 is 1.00 bits per heavy atom. The maximum absolute atomic E-state index is 5.64. The van der Waals surface area contributed by atoms with Crippen molar-refractivity contribution in [1.29, 1.82) is 0 Å². The van der Waals surface area contributed by atoms with Gasteiger partial charge in [0.05, 0.1) is 0 Å². The Kier molecular flexibility index (Phi) is 2.95. The van der Waals surface area contributed by atoms with E-state index in [1.54, 1.807) is 6.07 Å². The molecule has 0 fully saturated rings. The second-order valence-corrected chi connectivity index (χ2v) is 4.05. The molecule has 0 radical (unpaired) electrons. The average molecular weight is 229 g/mol. The number of nitrogens with zero attached hydrogens (tertiary/aromatic N) is 2. The second-order valence-electron chi connectivity index (χ2n) is 4.05. The fourth-order valence-corrected chi connectivity index (χ4v) is 1.51. The van der Waals surface area contributed by atoms with Crippen molar-refractivity contribution in [2.45, 2.75) is 20.8 Å². The van der Waals surface area contributed by atoms with Crippen molar-refractivity contribution in [2.24, 2.45) is 0 Å². The Hall–Kier alpha value is -2.10. The Morgan fingerprint density at radius 2 is 1.76 bits per heavy atom. The van der Waals surface area contributed by atoms with E-state index in [2.05, 4.69) is 16.9 Å². The molecule has 0 bridgehead atoms. The molecule has 1 aromatic heterocycles. The summed E-state index contributed by atoms with van der Waals surface area (Å²) in [4.78, 5) is 8.02. The van der Waals surface area contributed by atoms with E-state index in [1.807, 2.05) is 32.0 Å². The average Bonchev–Trinajstić information content (AvgIpc) is 2.22. The number of ether oxygens (including phenoxy) is 1. The molecule has 0 saturated heterocycles. The number of benzene rings is 1. The number of nitrogen functional groups attached to an aromatic ring is 1. The van der Waals surface area contributed by atoms with Gasteiger partial charge < -0.3 is 10.5 Å². The zero-order valence-corrected chi connectivity index (χ0v) is 10.2. The first-order valence-corrected chi connectivity index (χ1v) is 5.41. The fraction of sp³-hybridized carbons (Fsp3) is 0.231. The van der Waals surface area contributed by atoms with Crippen LogP contribution in [-0.4, -0.2) is 9.97 Å². The van der Waals surface area contributed by atoms with E-state index < -0.39 is 0 Å². The van der Waals surface area contributed by atoms with Gasteiger partial charge in [0, 0.05) is 11.8 Å². The molecule has 17 heavy (non-hydrogen) atoms. The molecule has 1 aromatic carbocycles. The van der Waals surface area contributed by atoms with Gasteiger partial charge in [0.25, 0.3) is 0 Å². The van der Waals surface area contributed by atoms with Gasteiger partial charge in [-0.25, -0.2) is 4.98 Å². The number of aromatic nitrogens is 2. The van der Waals surface area contributed by atoms with Crippen LogP contribution < -0.4 is 10.5 Å². The number of nitrogens with two attached hydrogens (primary N) is 1. The number of hydrogen-bond donors (Lipinski definition) is 1. The van der Waals surface area contributed by atoms with Crippen LogP contribution >= 0.6 is 0 Å². The number of anilines is 1. The predicted octanol–water partition coefficient (Wildman–Crippen LogP) is 2.78. The number of aryl methyl sites for hydroxylation is 3. The van der Waals surface area contributed by atoms with E-state index in [0.29, 0.717) is 5.88 Å². The summed E-state index contributed by atoms with van der Waals surface area (Å²) in [5.41, 5.74) is 8.77. The SMILES string of the molecule is Cc1cc(Oc2ccc(C)c(C)c2)nc(N)n1. The van der Waals surface area contributed by atoms with Crippen molar-refractivity contribution in [1.82, 2.24) is 9.97 Å². The fourth-order valence-electron chi connectivity index (χ4n) is 1.51. The van der Waals surface area contributed by atoms with E-state index in [1.165, 1.54) is 11.1 Å². The molecule has 0 aliphatic carbocycles. The first kappa shape index (κ1) is 11.4. The highest BCUT2D eigenvalue weighted by molar-refractivity contribution is 5.36. The van der Waals surface area contributed by atoms with Crippen molar-refractivity contribution >= 4 is 5.95 Å². The van der Waals surface area contributed by atoms with Crippen LogP contribution in [0.15, 0.2) is 24.3 Å². The molecule has 0 amide bonds. The van der Waals surface area contributed by atoms with Gasteiger partial charge in [0.1, 0.15) is 5.75 Å². The summed E-state index contributed by atoms with van der Waals surface area (Å²) in [6, 6.07) is 7.66. The van der Waals surface area contributed by atoms with Crippen LogP contribution in [0, 0.1) is 20.8 Å². The maximum Gasteiger partial charge on any atom is 0.224 e. The Morgan fingerprint density at radius 3 is 2.41 bits per heavy atom. The minimum absolute atomic E-state index is 0.226. The Labute approximate surface area is 100 Å². The van der Waals surface area contributed by atoms with Crippen LogP contribution in [0.5, 0.6) is 11.6 Å².